The number of nitrogens with zero attached hydrogens (tertiary/aromatic N) is 5. The van der Waals surface area contributed by atoms with Crippen LogP contribution in [-0.4, -0.2) is 54.0 Å². The van der Waals surface area contributed by atoms with Gasteiger partial charge in [-0.05, 0) is 32.0 Å². The number of nitriles is 1. The van der Waals surface area contributed by atoms with Gasteiger partial charge in [-0.25, -0.2) is 14.8 Å². The normalized spacial score (nSPS) is 13.2. The maximum atomic E-state index is 12.2. The van der Waals surface area contributed by atoms with Crippen molar-refractivity contribution in [3.8, 4) is 34.5 Å². The Morgan fingerprint density at radius 1 is 1.18 bits per heavy atom. The summed E-state index contributed by atoms with van der Waals surface area (Å²) in [6.45, 7) is 6.57. The van der Waals surface area contributed by atoms with Gasteiger partial charge < -0.3 is 28.1 Å². The van der Waals surface area contributed by atoms with Gasteiger partial charge in [0.05, 0.1) is 31.2 Å². The highest BCUT2D eigenvalue weighted by atomic mass is 16.5. The molecule has 4 aromatic rings. The largest absolute Gasteiger partial charge is 0.470 e. The monoisotopic (exact) mass is 515 g/mol. The van der Waals surface area contributed by atoms with Crippen LogP contribution in [0.1, 0.15) is 34.4 Å². The summed E-state index contributed by atoms with van der Waals surface area (Å²) in [5.41, 5.74) is 4.02. The summed E-state index contributed by atoms with van der Waals surface area (Å²) in [7, 11) is 0. The van der Waals surface area contributed by atoms with Crippen LogP contribution in [0.15, 0.2) is 51.7 Å². The average molecular weight is 516 g/mol. The summed E-state index contributed by atoms with van der Waals surface area (Å²) >= 11 is 0. The van der Waals surface area contributed by atoms with Gasteiger partial charge in [-0.15, -0.1) is 0 Å². The van der Waals surface area contributed by atoms with E-state index in [2.05, 4.69) is 26.1 Å². The quantitative estimate of drug-likeness (QED) is 0.313. The zero-order chi connectivity index (χ0) is 26.5. The first-order valence-electron chi connectivity index (χ1n) is 12.1. The molecule has 0 radical (unpaired) electrons. The van der Waals surface area contributed by atoms with Crippen molar-refractivity contribution in [3.63, 3.8) is 0 Å². The van der Waals surface area contributed by atoms with Gasteiger partial charge >= 0.3 is 5.97 Å². The van der Waals surface area contributed by atoms with Gasteiger partial charge in [-0.2, -0.15) is 5.26 Å². The Morgan fingerprint density at radius 2 is 1.97 bits per heavy atom. The number of aromatic nitrogens is 3. The summed E-state index contributed by atoms with van der Waals surface area (Å²) in [4.78, 5) is 23.1. The first kappa shape index (κ1) is 25.0. The number of rotatable bonds is 8. The fourth-order valence-electron chi connectivity index (χ4n) is 4.10. The van der Waals surface area contributed by atoms with Gasteiger partial charge in [0.25, 0.3) is 0 Å². The zero-order valence-corrected chi connectivity index (χ0v) is 21.0. The molecule has 1 saturated heterocycles. The number of benzene rings is 1. The molecule has 4 heterocycles. The van der Waals surface area contributed by atoms with Crippen LogP contribution in [-0.2, 0) is 16.1 Å². The van der Waals surface area contributed by atoms with E-state index in [1.165, 1.54) is 0 Å². The fourth-order valence-corrected chi connectivity index (χ4v) is 4.10. The number of hydrogen-bond acceptors (Lipinski definition) is 11. The van der Waals surface area contributed by atoms with Gasteiger partial charge in [0.15, 0.2) is 12.2 Å². The molecule has 1 fully saturated rings. The van der Waals surface area contributed by atoms with Crippen LogP contribution in [0, 0.1) is 18.3 Å². The van der Waals surface area contributed by atoms with Crippen LogP contribution in [0.25, 0.3) is 22.6 Å². The third-order valence-electron chi connectivity index (χ3n) is 5.98. The molecule has 0 aliphatic carbocycles. The lowest BCUT2D eigenvalue weighted by atomic mass is 10.0. The molecule has 0 N–H and O–H groups in total. The highest BCUT2D eigenvalue weighted by molar-refractivity contribution is 5.87. The molecule has 0 saturated carbocycles. The van der Waals surface area contributed by atoms with Gasteiger partial charge in [-0.3, -0.25) is 0 Å². The maximum absolute atomic E-state index is 12.2. The molecular weight excluding hydrogens is 490 g/mol. The van der Waals surface area contributed by atoms with Crippen LogP contribution >= 0.6 is 0 Å². The van der Waals surface area contributed by atoms with Crippen molar-refractivity contribution in [2.75, 3.05) is 37.8 Å². The number of pyridine rings is 1. The Bertz CT molecular complexity index is 1460. The molecule has 11 nitrogen and oxygen atoms in total. The zero-order valence-electron chi connectivity index (χ0n) is 21.0. The van der Waals surface area contributed by atoms with Crippen molar-refractivity contribution in [1.82, 2.24) is 15.1 Å². The molecule has 1 aliphatic heterocycles. The summed E-state index contributed by atoms with van der Waals surface area (Å²) in [5.74, 6) is -0.245. The van der Waals surface area contributed by atoms with Crippen LogP contribution in [0.4, 0.5) is 5.69 Å². The number of morpholine rings is 1. The van der Waals surface area contributed by atoms with E-state index >= 15 is 0 Å². The van der Waals surface area contributed by atoms with E-state index in [0.717, 1.165) is 30.7 Å². The highest BCUT2D eigenvalue weighted by Crippen LogP contribution is 2.35. The molecule has 11 heteroatoms. The van der Waals surface area contributed by atoms with Crippen LogP contribution in [0.2, 0.25) is 0 Å². The SMILES string of the molecule is CCOC(=O)c1ocnc1COc1nc(-c2ccc(N3CCOCC3)cc2)cc(-c2cc(C)no2)c1C#N. The first-order valence-corrected chi connectivity index (χ1v) is 12.1. The Kier molecular flexibility index (Phi) is 7.33. The highest BCUT2D eigenvalue weighted by Gasteiger charge is 2.23. The molecule has 1 aliphatic rings. The van der Waals surface area contributed by atoms with E-state index in [1.807, 2.05) is 24.3 Å². The number of ether oxygens (including phenoxy) is 3. The lowest BCUT2D eigenvalue weighted by Crippen LogP contribution is -2.36. The molecule has 0 unspecified atom stereocenters. The Labute approximate surface area is 218 Å². The van der Waals surface area contributed by atoms with E-state index in [9.17, 15) is 10.1 Å². The minimum absolute atomic E-state index is 0.0594. The van der Waals surface area contributed by atoms with E-state index in [-0.39, 0.29) is 36.1 Å². The second-order valence-electron chi connectivity index (χ2n) is 8.46. The molecule has 1 aromatic carbocycles. The summed E-state index contributed by atoms with van der Waals surface area (Å²) in [6.07, 6.45) is 1.14. The fraction of sp³-hybridized carbons (Fsp3) is 0.296. The number of anilines is 1. The molecule has 0 bridgehead atoms. The van der Waals surface area contributed by atoms with Gasteiger partial charge in [0.1, 0.15) is 23.9 Å². The van der Waals surface area contributed by atoms with Crippen molar-refractivity contribution in [3.05, 3.63) is 65.5 Å². The summed E-state index contributed by atoms with van der Waals surface area (Å²) in [5, 5.41) is 14.0. The summed E-state index contributed by atoms with van der Waals surface area (Å²) in [6, 6.07) is 13.7. The Hall–Kier alpha value is -4.69. The standard InChI is InChI=1S/C27H25N5O6/c1-3-35-27(33)25-23(29-16-37-25)15-36-26-21(14-28)20(24-12-17(2)31-38-24)13-22(30-26)18-4-6-19(7-5-18)32-8-10-34-11-9-32/h4-7,12-13,16H,3,8-11,15H2,1-2H3. The molecule has 0 spiro atoms. The molecular formula is C27H25N5O6. The Morgan fingerprint density at radius 3 is 2.66 bits per heavy atom. The maximum Gasteiger partial charge on any atom is 0.376 e. The minimum Gasteiger partial charge on any atom is -0.470 e. The first-order chi connectivity index (χ1) is 18.6. The number of carbonyl (C=O) groups is 1. The lowest BCUT2D eigenvalue weighted by Gasteiger charge is -2.28. The number of hydrogen-bond donors (Lipinski definition) is 0. The second-order valence-corrected chi connectivity index (χ2v) is 8.46. The number of esters is 1. The van der Waals surface area contributed by atoms with Crippen molar-refractivity contribution in [2.24, 2.45) is 0 Å². The Balaban J connectivity index is 1.50. The van der Waals surface area contributed by atoms with Crippen molar-refractivity contribution < 1.29 is 27.9 Å². The topological polar surface area (TPSA) is 137 Å². The average Bonchev–Trinajstić information content (AvgIpc) is 3.61. The van der Waals surface area contributed by atoms with Crippen molar-refractivity contribution >= 4 is 11.7 Å². The smallest absolute Gasteiger partial charge is 0.376 e. The van der Waals surface area contributed by atoms with Crippen molar-refractivity contribution in [2.45, 2.75) is 20.5 Å². The molecule has 5 rings (SSSR count). The third-order valence-corrected chi connectivity index (χ3v) is 5.98. The van der Waals surface area contributed by atoms with E-state index in [4.69, 9.17) is 23.2 Å². The third kappa shape index (κ3) is 5.21. The van der Waals surface area contributed by atoms with Gasteiger partial charge in [0, 0.05) is 36.0 Å². The van der Waals surface area contributed by atoms with Crippen LogP contribution in [0.5, 0.6) is 5.88 Å². The van der Waals surface area contributed by atoms with E-state index in [1.54, 1.807) is 26.0 Å². The van der Waals surface area contributed by atoms with Gasteiger partial charge in [0.2, 0.25) is 11.6 Å². The number of aryl methyl sites for hydroxylation is 1. The van der Waals surface area contributed by atoms with E-state index < -0.39 is 5.97 Å². The summed E-state index contributed by atoms with van der Waals surface area (Å²) < 4.78 is 27.1. The molecule has 3 aromatic heterocycles. The molecule has 38 heavy (non-hydrogen) atoms. The second kappa shape index (κ2) is 11.1. The van der Waals surface area contributed by atoms with E-state index in [0.29, 0.717) is 35.9 Å². The number of carbonyl (C=O) groups excluding carboxylic acids is 1. The molecule has 0 atom stereocenters. The molecule has 194 valence electrons. The van der Waals surface area contributed by atoms with Crippen LogP contribution in [0.3, 0.4) is 0 Å². The van der Waals surface area contributed by atoms with Crippen molar-refractivity contribution in [1.29, 1.82) is 5.26 Å². The number of oxazole rings is 1. The van der Waals surface area contributed by atoms with Crippen LogP contribution < -0.4 is 9.64 Å². The molecule has 0 amide bonds. The van der Waals surface area contributed by atoms with Gasteiger partial charge in [-0.1, -0.05) is 17.3 Å². The predicted octanol–water partition coefficient (Wildman–Crippen LogP) is 4.16. The lowest BCUT2D eigenvalue weighted by molar-refractivity contribution is 0.0486. The minimum atomic E-state index is -0.649. The predicted molar refractivity (Wildman–Crippen MR) is 134 cm³/mol.